The fourth-order valence-electron chi connectivity index (χ4n) is 5.87. The highest BCUT2D eigenvalue weighted by Crippen LogP contribution is 2.47. The third-order valence-corrected chi connectivity index (χ3v) is 8.04. The highest BCUT2D eigenvalue weighted by molar-refractivity contribution is 5.87. The van der Waals surface area contributed by atoms with E-state index in [9.17, 15) is 31.9 Å². The largest absolute Gasteiger partial charge is 0.586 e. The number of aromatic nitrogens is 3. The van der Waals surface area contributed by atoms with Crippen molar-refractivity contribution < 1.29 is 46.1 Å². The van der Waals surface area contributed by atoms with E-state index in [2.05, 4.69) is 24.9 Å². The molecule has 2 aromatic carbocycles. The maximum absolute atomic E-state index is 14.2. The lowest BCUT2D eigenvalue weighted by molar-refractivity contribution is -0.286. The van der Waals surface area contributed by atoms with E-state index in [0.717, 1.165) is 12.8 Å². The summed E-state index contributed by atoms with van der Waals surface area (Å²) in [6.45, 7) is 0. The zero-order chi connectivity index (χ0) is 31.5. The molecule has 2 N–H and O–H groups in total. The SMILES string of the molecule is O=C(O)c1ccc(O[C@H]2CCCc3c(C(F)(F)F)nn(-c4ccnc(NC(c5ccc6c(c5)OC(F)(F)O6)C5CC5)c4)c32)cc1. The van der Waals surface area contributed by atoms with Crippen molar-refractivity contribution in [3.05, 3.63) is 88.9 Å². The van der Waals surface area contributed by atoms with Crippen LogP contribution in [-0.2, 0) is 12.6 Å². The Labute approximate surface area is 252 Å². The lowest BCUT2D eigenvalue weighted by Gasteiger charge is -2.26. The lowest BCUT2D eigenvalue weighted by atomic mass is 9.93. The summed E-state index contributed by atoms with van der Waals surface area (Å²) < 4.78 is 86.3. The minimum absolute atomic E-state index is 0.0419. The van der Waals surface area contributed by atoms with Crippen molar-refractivity contribution in [3.8, 4) is 22.9 Å². The van der Waals surface area contributed by atoms with Crippen molar-refractivity contribution in [1.29, 1.82) is 0 Å². The number of aromatic carboxylic acids is 1. The van der Waals surface area contributed by atoms with Crippen molar-refractivity contribution in [2.45, 2.75) is 56.7 Å². The summed E-state index contributed by atoms with van der Waals surface area (Å²) in [4.78, 5) is 15.6. The summed E-state index contributed by atoms with van der Waals surface area (Å²) in [6.07, 6.45) is -5.01. The number of anilines is 1. The molecule has 7 rings (SSSR count). The highest BCUT2D eigenvalue weighted by Gasteiger charge is 2.45. The first kappa shape index (κ1) is 28.9. The number of fused-ring (bicyclic) bond motifs is 2. The fourth-order valence-corrected chi connectivity index (χ4v) is 5.87. The molecule has 1 unspecified atom stereocenters. The molecule has 45 heavy (non-hydrogen) atoms. The van der Waals surface area contributed by atoms with Gasteiger partial charge in [0.05, 0.1) is 23.0 Å². The molecule has 0 saturated heterocycles. The van der Waals surface area contributed by atoms with Gasteiger partial charge in [0.1, 0.15) is 17.7 Å². The highest BCUT2D eigenvalue weighted by atomic mass is 19.4. The molecular formula is C31H25F5N4O5. The Kier molecular flexibility index (Phi) is 6.82. The molecule has 0 amide bonds. The monoisotopic (exact) mass is 628 g/mol. The topological polar surface area (TPSA) is 108 Å². The van der Waals surface area contributed by atoms with Gasteiger partial charge in [-0.05, 0) is 86.1 Å². The average Bonchev–Trinajstić information content (AvgIpc) is 3.67. The number of nitrogens with one attached hydrogen (secondary N) is 1. The minimum atomic E-state index is -4.71. The number of alkyl halides is 5. The molecule has 234 valence electrons. The number of pyridine rings is 1. The maximum atomic E-state index is 14.2. The van der Waals surface area contributed by atoms with Crippen LogP contribution in [0.5, 0.6) is 17.2 Å². The van der Waals surface area contributed by atoms with Crippen molar-refractivity contribution in [3.63, 3.8) is 0 Å². The van der Waals surface area contributed by atoms with Gasteiger partial charge < -0.3 is 24.6 Å². The van der Waals surface area contributed by atoms with E-state index in [4.69, 9.17) is 4.74 Å². The van der Waals surface area contributed by atoms with Gasteiger partial charge in [-0.1, -0.05) is 6.07 Å². The molecule has 0 radical (unpaired) electrons. The predicted molar refractivity (Wildman–Crippen MR) is 148 cm³/mol. The summed E-state index contributed by atoms with van der Waals surface area (Å²) >= 11 is 0. The van der Waals surface area contributed by atoms with Crippen molar-refractivity contribution >= 4 is 11.8 Å². The number of hydrogen-bond donors (Lipinski definition) is 2. The number of hydrogen-bond acceptors (Lipinski definition) is 7. The summed E-state index contributed by atoms with van der Waals surface area (Å²) in [5.41, 5.74) is 0.338. The van der Waals surface area contributed by atoms with E-state index >= 15 is 0 Å². The Balaban J connectivity index is 1.22. The fraction of sp³-hybridized carbons (Fsp3) is 0.323. The van der Waals surface area contributed by atoms with Gasteiger partial charge in [-0.15, -0.1) is 8.78 Å². The molecule has 1 fully saturated rings. The number of rotatable bonds is 8. The van der Waals surface area contributed by atoms with Crippen LogP contribution >= 0.6 is 0 Å². The first-order chi connectivity index (χ1) is 21.4. The molecule has 14 heteroatoms. The predicted octanol–water partition coefficient (Wildman–Crippen LogP) is 7.33. The maximum Gasteiger partial charge on any atom is 0.586 e. The first-order valence-corrected chi connectivity index (χ1v) is 14.3. The van der Waals surface area contributed by atoms with Crippen LogP contribution < -0.4 is 19.5 Å². The van der Waals surface area contributed by atoms with Crippen molar-refractivity contribution in [1.82, 2.24) is 14.8 Å². The second-order valence-corrected chi connectivity index (χ2v) is 11.2. The molecule has 2 aliphatic carbocycles. The molecule has 2 aromatic heterocycles. The molecule has 0 bridgehead atoms. The van der Waals surface area contributed by atoms with E-state index in [1.807, 2.05) is 0 Å². The van der Waals surface area contributed by atoms with Crippen LogP contribution in [0.25, 0.3) is 5.69 Å². The number of carbonyl (C=O) groups is 1. The van der Waals surface area contributed by atoms with Crippen LogP contribution in [0.15, 0.2) is 60.8 Å². The second kappa shape index (κ2) is 10.6. The van der Waals surface area contributed by atoms with Crippen LogP contribution in [0, 0.1) is 5.92 Å². The van der Waals surface area contributed by atoms with Gasteiger partial charge in [-0.25, -0.2) is 14.5 Å². The third-order valence-electron chi connectivity index (χ3n) is 8.04. The minimum Gasteiger partial charge on any atom is -0.484 e. The average molecular weight is 629 g/mol. The molecule has 3 aliphatic rings. The Morgan fingerprint density at radius 1 is 1.04 bits per heavy atom. The molecule has 9 nitrogen and oxygen atoms in total. The normalized spacial score (nSPS) is 19.1. The van der Waals surface area contributed by atoms with Gasteiger partial charge in [0.25, 0.3) is 0 Å². The molecule has 3 heterocycles. The summed E-state index contributed by atoms with van der Waals surface area (Å²) in [6, 6.07) is 13.0. The number of carboxylic acids is 1. The lowest BCUT2D eigenvalue weighted by Crippen LogP contribution is -2.25. The number of halogens is 5. The van der Waals surface area contributed by atoms with Crippen LogP contribution in [0.2, 0.25) is 0 Å². The molecule has 1 aliphatic heterocycles. The van der Waals surface area contributed by atoms with E-state index < -0.39 is 30.2 Å². The Hall–Kier alpha value is -4.88. The van der Waals surface area contributed by atoms with Crippen molar-refractivity contribution in [2.24, 2.45) is 5.92 Å². The van der Waals surface area contributed by atoms with E-state index in [-0.39, 0.29) is 46.7 Å². The van der Waals surface area contributed by atoms with Gasteiger partial charge in [0.15, 0.2) is 17.2 Å². The Morgan fingerprint density at radius 3 is 2.51 bits per heavy atom. The number of nitrogens with zero attached hydrogens (tertiary/aromatic N) is 3. The van der Waals surface area contributed by atoms with E-state index in [1.165, 1.54) is 47.3 Å². The molecular weight excluding hydrogens is 603 g/mol. The van der Waals surface area contributed by atoms with Crippen LogP contribution in [0.3, 0.4) is 0 Å². The summed E-state index contributed by atoms with van der Waals surface area (Å²) in [5.74, 6) is -0.431. The van der Waals surface area contributed by atoms with Gasteiger partial charge in [0.2, 0.25) is 0 Å². The Morgan fingerprint density at radius 2 is 1.80 bits per heavy atom. The zero-order valence-electron chi connectivity index (χ0n) is 23.4. The third kappa shape index (κ3) is 5.71. The molecule has 0 spiro atoms. The smallest absolute Gasteiger partial charge is 0.484 e. The van der Waals surface area contributed by atoms with Crippen LogP contribution in [0.1, 0.15) is 70.7 Å². The second-order valence-electron chi connectivity index (χ2n) is 11.2. The number of benzene rings is 2. The summed E-state index contributed by atoms with van der Waals surface area (Å²) in [7, 11) is 0. The Bertz CT molecular complexity index is 1770. The van der Waals surface area contributed by atoms with E-state index in [0.29, 0.717) is 35.7 Å². The quantitative estimate of drug-likeness (QED) is 0.196. The zero-order valence-corrected chi connectivity index (χ0v) is 23.4. The molecule has 2 atom stereocenters. The van der Waals surface area contributed by atoms with E-state index in [1.54, 1.807) is 18.2 Å². The van der Waals surface area contributed by atoms with Gasteiger partial charge in [-0.3, -0.25) is 0 Å². The molecule has 4 aromatic rings. The van der Waals surface area contributed by atoms with Gasteiger partial charge in [-0.2, -0.15) is 18.3 Å². The van der Waals surface area contributed by atoms with Crippen molar-refractivity contribution in [2.75, 3.05) is 5.32 Å². The van der Waals surface area contributed by atoms with Crippen LogP contribution in [0.4, 0.5) is 27.8 Å². The number of ether oxygens (including phenoxy) is 3. The summed E-state index contributed by atoms with van der Waals surface area (Å²) in [5, 5.41) is 16.5. The van der Waals surface area contributed by atoms with Gasteiger partial charge in [0, 0.05) is 17.8 Å². The standard InChI is InChI=1S/C31H25F5N4O5/c32-30(33,34)28-21-2-1-3-23(43-20-9-6-17(7-10-20)29(41)42)27(21)40(39-28)19-12-13-37-25(15-19)38-26(16-4-5-16)18-8-11-22-24(14-18)45-31(35,36)44-22/h6-16,23,26H,1-5H2,(H,37,38)(H,41,42)/t23-,26?/m0/s1. The molecule has 1 saturated carbocycles. The first-order valence-electron chi connectivity index (χ1n) is 14.3. The van der Waals surface area contributed by atoms with Gasteiger partial charge >= 0.3 is 18.4 Å². The van der Waals surface area contributed by atoms with Crippen LogP contribution in [-0.4, -0.2) is 32.1 Å². The number of carboxylic acid groups (broad SMARTS) is 1.